The first-order chi connectivity index (χ1) is 10.0. The van der Waals surface area contributed by atoms with Crippen molar-refractivity contribution in [1.82, 2.24) is 9.97 Å². The number of aromatic nitrogens is 2. The van der Waals surface area contributed by atoms with E-state index in [0.717, 1.165) is 28.2 Å². The maximum absolute atomic E-state index is 5.85. The lowest BCUT2D eigenvalue weighted by Gasteiger charge is -2.20. The molecule has 0 aliphatic rings. The van der Waals surface area contributed by atoms with Crippen molar-refractivity contribution in [1.29, 1.82) is 0 Å². The highest BCUT2D eigenvalue weighted by atomic mass is 15.2. The van der Waals surface area contributed by atoms with Crippen LogP contribution < -0.4 is 10.6 Å². The summed E-state index contributed by atoms with van der Waals surface area (Å²) in [5.41, 5.74) is 9.77. The molecule has 0 aliphatic heterocycles. The number of hydrogen-bond donors (Lipinski definition) is 1. The Morgan fingerprint density at radius 2 is 1.67 bits per heavy atom. The van der Waals surface area contributed by atoms with Crippen LogP contribution in [0.15, 0.2) is 42.5 Å². The van der Waals surface area contributed by atoms with Crippen LogP contribution in [-0.2, 0) is 0 Å². The third kappa shape index (κ3) is 2.52. The Morgan fingerprint density at radius 1 is 0.952 bits per heavy atom. The van der Waals surface area contributed by atoms with E-state index in [0.29, 0.717) is 5.69 Å². The maximum atomic E-state index is 5.85. The summed E-state index contributed by atoms with van der Waals surface area (Å²) in [6, 6.07) is 14.1. The lowest BCUT2D eigenvalue weighted by molar-refractivity contribution is 1.04. The minimum absolute atomic E-state index is 0.713. The van der Waals surface area contributed by atoms with Crippen molar-refractivity contribution in [3.63, 3.8) is 0 Å². The second-order valence-corrected chi connectivity index (χ2v) is 5.27. The summed E-state index contributed by atoms with van der Waals surface area (Å²) in [6.07, 6.45) is 0. The van der Waals surface area contributed by atoms with Crippen LogP contribution in [0.25, 0.3) is 10.9 Å². The van der Waals surface area contributed by atoms with Crippen molar-refractivity contribution in [2.45, 2.75) is 13.8 Å². The second-order valence-electron chi connectivity index (χ2n) is 5.27. The molecular weight excluding hydrogens is 260 g/mol. The molecule has 2 N–H and O–H groups in total. The van der Waals surface area contributed by atoms with Crippen LogP contribution in [0.1, 0.15) is 11.4 Å². The quantitative estimate of drug-likeness (QED) is 0.728. The van der Waals surface area contributed by atoms with E-state index in [9.17, 15) is 0 Å². The minimum Gasteiger partial charge on any atom is -0.399 e. The van der Waals surface area contributed by atoms with Gasteiger partial charge < -0.3 is 10.6 Å². The van der Waals surface area contributed by atoms with Gasteiger partial charge in [-0.25, -0.2) is 9.97 Å². The number of nitrogens with zero attached hydrogens (tertiary/aromatic N) is 3. The maximum Gasteiger partial charge on any atom is 0.144 e. The zero-order valence-corrected chi connectivity index (χ0v) is 12.5. The van der Waals surface area contributed by atoms with E-state index < -0.39 is 0 Å². The molecular formula is C17H18N4. The fourth-order valence-electron chi connectivity index (χ4n) is 2.39. The molecule has 2 aromatic carbocycles. The average molecular weight is 278 g/mol. The van der Waals surface area contributed by atoms with Gasteiger partial charge in [-0.2, -0.15) is 0 Å². The fraction of sp³-hybridized carbons (Fsp3) is 0.176. The molecule has 4 nitrogen and oxygen atoms in total. The van der Waals surface area contributed by atoms with Crippen LogP contribution in [0.3, 0.4) is 0 Å². The van der Waals surface area contributed by atoms with Crippen molar-refractivity contribution in [3.05, 3.63) is 53.9 Å². The number of aryl methyl sites for hydroxylation is 2. The van der Waals surface area contributed by atoms with E-state index in [1.54, 1.807) is 0 Å². The Kier molecular flexibility index (Phi) is 3.22. The normalized spacial score (nSPS) is 10.8. The Labute approximate surface area is 124 Å². The molecule has 0 atom stereocenters. The number of nitrogens with two attached hydrogens (primary N) is 1. The van der Waals surface area contributed by atoms with Crippen LogP contribution in [0.2, 0.25) is 0 Å². The lowest BCUT2D eigenvalue weighted by Crippen LogP contribution is -2.13. The van der Waals surface area contributed by atoms with Gasteiger partial charge in [0.25, 0.3) is 0 Å². The highest BCUT2D eigenvalue weighted by Crippen LogP contribution is 2.29. The van der Waals surface area contributed by atoms with Gasteiger partial charge in [0.15, 0.2) is 0 Å². The van der Waals surface area contributed by atoms with Gasteiger partial charge in [-0.05, 0) is 44.2 Å². The number of rotatable bonds is 2. The van der Waals surface area contributed by atoms with Gasteiger partial charge in [0, 0.05) is 23.8 Å². The van der Waals surface area contributed by atoms with Crippen molar-refractivity contribution in [2.75, 3.05) is 17.7 Å². The smallest absolute Gasteiger partial charge is 0.144 e. The number of nitrogen functional groups attached to an aromatic ring is 1. The summed E-state index contributed by atoms with van der Waals surface area (Å²) >= 11 is 0. The second kappa shape index (κ2) is 5.05. The molecule has 0 saturated carbocycles. The van der Waals surface area contributed by atoms with Gasteiger partial charge >= 0.3 is 0 Å². The van der Waals surface area contributed by atoms with Crippen LogP contribution in [0, 0.1) is 13.8 Å². The first kappa shape index (κ1) is 13.4. The Bertz CT molecular complexity index is 788. The van der Waals surface area contributed by atoms with Crippen LogP contribution in [0.5, 0.6) is 0 Å². The van der Waals surface area contributed by atoms with Gasteiger partial charge in [0.2, 0.25) is 0 Å². The van der Waals surface area contributed by atoms with E-state index in [1.165, 1.54) is 5.56 Å². The number of fused-ring (bicyclic) bond motifs is 1. The summed E-state index contributed by atoms with van der Waals surface area (Å²) in [5.74, 6) is 1.63. The lowest BCUT2D eigenvalue weighted by atomic mass is 10.2. The molecule has 1 aromatic heterocycles. The largest absolute Gasteiger partial charge is 0.399 e. The van der Waals surface area contributed by atoms with Gasteiger partial charge in [-0.15, -0.1) is 0 Å². The van der Waals surface area contributed by atoms with E-state index in [1.807, 2.05) is 32.2 Å². The molecule has 0 amide bonds. The molecule has 21 heavy (non-hydrogen) atoms. The number of benzene rings is 2. The monoisotopic (exact) mass is 278 g/mol. The molecule has 106 valence electrons. The van der Waals surface area contributed by atoms with E-state index >= 15 is 0 Å². The third-order valence-corrected chi connectivity index (χ3v) is 3.55. The summed E-state index contributed by atoms with van der Waals surface area (Å²) in [4.78, 5) is 11.1. The Morgan fingerprint density at radius 3 is 2.38 bits per heavy atom. The zero-order chi connectivity index (χ0) is 15.0. The predicted octanol–water partition coefficient (Wildman–Crippen LogP) is 3.60. The first-order valence-corrected chi connectivity index (χ1v) is 6.89. The molecule has 0 bridgehead atoms. The molecule has 0 aliphatic carbocycles. The molecule has 3 rings (SSSR count). The number of hydrogen-bond acceptors (Lipinski definition) is 4. The molecule has 0 spiro atoms. The van der Waals surface area contributed by atoms with Crippen LogP contribution >= 0.6 is 0 Å². The Balaban J connectivity index is 2.17. The Hall–Kier alpha value is -2.62. The summed E-state index contributed by atoms with van der Waals surface area (Å²) in [7, 11) is 2.02. The molecule has 3 aromatic rings. The van der Waals surface area contributed by atoms with Crippen molar-refractivity contribution in [2.24, 2.45) is 0 Å². The molecule has 1 heterocycles. The van der Waals surface area contributed by atoms with Crippen molar-refractivity contribution < 1.29 is 0 Å². The van der Waals surface area contributed by atoms with Crippen molar-refractivity contribution >= 4 is 28.1 Å². The highest BCUT2D eigenvalue weighted by Gasteiger charge is 2.12. The fourth-order valence-corrected chi connectivity index (χ4v) is 2.39. The van der Waals surface area contributed by atoms with Gasteiger partial charge in [-0.1, -0.05) is 17.7 Å². The van der Waals surface area contributed by atoms with Crippen molar-refractivity contribution in [3.8, 4) is 0 Å². The standard InChI is InChI=1S/C17H18N4/c1-11-4-7-14(8-5-11)21(3)17-15-9-6-13(18)10-16(15)19-12(2)20-17/h4-10H,18H2,1-3H3. The molecule has 0 fully saturated rings. The minimum atomic E-state index is 0.713. The molecule has 4 heteroatoms. The van der Waals surface area contributed by atoms with E-state index in [2.05, 4.69) is 46.1 Å². The zero-order valence-electron chi connectivity index (χ0n) is 12.5. The van der Waals surface area contributed by atoms with E-state index in [4.69, 9.17) is 5.73 Å². The van der Waals surface area contributed by atoms with E-state index in [-0.39, 0.29) is 0 Å². The molecule has 0 saturated heterocycles. The first-order valence-electron chi connectivity index (χ1n) is 6.89. The molecule has 0 radical (unpaired) electrons. The third-order valence-electron chi connectivity index (χ3n) is 3.55. The highest BCUT2D eigenvalue weighted by molar-refractivity contribution is 5.93. The summed E-state index contributed by atoms with van der Waals surface area (Å²) < 4.78 is 0. The predicted molar refractivity (Wildman–Crippen MR) is 87.9 cm³/mol. The topological polar surface area (TPSA) is 55.0 Å². The van der Waals surface area contributed by atoms with Gasteiger partial charge in [0.05, 0.1) is 5.52 Å². The van der Waals surface area contributed by atoms with Crippen LogP contribution in [-0.4, -0.2) is 17.0 Å². The van der Waals surface area contributed by atoms with Gasteiger partial charge in [-0.3, -0.25) is 0 Å². The summed E-state index contributed by atoms with van der Waals surface area (Å²) in [6.45, 7) is 3.98. The van der Waals surface area contributed by atoms with Gasteiger partial charge in [0.1, 0.15) is 11.6 Å². The SMILES string of the molecule is Cc1ccc(N(C)c2nc(C)nc3cc(N)ccc23)cc1. The number of anilines is 3. The molecule has 0 unspecified atom stereocenters. The average Bonchev–Trinajstić information content (AvgIpc) is 2.46. The summed E-state index contributed by atoms with van der Waals surface area (Å²) in [5, 5.41) is 0.998. The van der Waals surface area contributed by atoms with Crippen LogP contribution in [0.4, 0.5) is 17.2 Å².